The molecule has 8 heteroatoms. The predicted molar refractivity (Wildman–Crippen MR) is 110 cm³/mol. The van der Waals surface area contributed by atoms with Crippen molar-refractivity contribution in [2.45, 2.75) is 58.0 Å². The first-order valence-corrected chi connectivity index (χ1v) is 10.0. The van der Waals surface area contributed by atoms with Crippen LogP contribution in [0.1, 0.15) is 55.5 Å². The molecule has 1 aliphatic rings. The molecule has 0 saturated carbocycles. The first-order valence-electron chi connectivity index (χ1n) is 10.0. The molecule has 0 aromatic heterocycles. The molecule has 0 saturated heterocycles. The van der Waals surface area contributed by atoms with Gasteiger partial charge in [0.25, 0.3) is 0 Å². The normalized spacial score (nSPS) is 15.2. The number of ether oxygens (including phenoxy) is 2. The van der Waals surface area contributed by atoms with Crippen molar-refractivity contribution < 1.29 is 32.5 Å². The van der Waals surface area contributed by atoms with E-state index in [4.69, 9.17) is 15.2 Å². The number of hydrogen-bond acceptors (Lipinski definition) is 4. The average molecular weight is 437 g/mol. The molecule has 2 aromatic carbocycles. The van der Waals surface area contributed by atoms with Crippen molar-refractivity contribution in [2.24, 2.45) is 5.73 Å². The van der Waals surface area contributed by atoms with Gasteiger partial charge in [-0.1, -0.05) is 12.1 Å². The average Bonchev–Trinajstić information content (AvgIpc) is 2.69. The largest absolute Gasteiger partial charge is 0.493 e. The van der Waals surface area contributed by atoms with Gasteiger partial charge in [-0.2, -0.15) is 13.2 Å². The second-order valence-electron chi connectivity index (χ2n) is 8.49. The highest BCUT2D eigenvalue weighted by Crippen LogP contribution is 2.44. The topological polar surface area (TPSA) is 81.8 Å². The van der Waals surface area contributed by atoms with Crippen LogP contribution in [-0.2, 0) is 28.7 Å². The molecule has 0 radical (unpaired) electrons. The number of benzene rings is 2. The molecule has 31 heavy (non-hydrogen) atoms. The van der Waals surface area contributed by atoms with Crippen molar-refractivity contribution in [3.05, 3.63) is 52.6 Å². The van der Waals surface area contributed by atoms with E-state index < -0.39 is 35.0 Å². The molecule has 1 aliphatic heterocycles. The van der Waals surface area contributed by atoms with E-state index in [2.05, 4.69) is 0 Å². The zero-order valence-corrected chi connectivity index (χ0v) is 17.7. The van der Waals surface area contributed by atoms with Crippen molar-refractivity contribution in [1.82, 2.24) is 0 Å². The third-order valence-electron chi connectivity index (χ3n) is 5.01. The van der Waals surface area contributed by atoms with Gasteiger partial charge in [-0.05, 0) is 74.1 Å². The smallest absolute Gasteiger partial charge is 0.416 e. The molecule has 0 spiro atoms. The summed E-state index contributed by atoms with van der Waals surface area (Å²) in [6.07, 6.45) is -5.09. The number of halogens is 3. The summed E-state index contributed by atoms with van der Waals surface area (Å²) < 4.78 is 53.3. The fraction of sp³-hybridized carbons (Fsp3) is 0.435. The number of aryl methyl sites for hydroxylation is 1. The molecule has 1 atom stereocenters. The van der Waals surface area contributed by atoms with Crippen molar-refractivity contribution >= 4 is 5.97 Å². The van der Waals surface area contributed by atoms with E-state index >= 15 is 0 Å². The highest BCUT2D eigenvalue weighted by Gasteiger charge is 2.41. The van der Waals surface area contributed by atoms with Crippen LogP contribution in [0.3, 0.4) is 0 Å². The van der Waals surface area contributed by atoms with Gasteiger partial charge in [0.05, 0.1) is 17.8 Å². The zero-order valence-electron chi connectivity index (χ0n) is 17.7. The maximum atomic E-state index is 14.0. The molecular weight excluding hydrogens is 411 g/mol. The molecule has 168 valence electrons. The first kappa shape index (κ1) is 23.1. The minimum atomic E-state index is -4.77. The first-order chi connectivity index (χ1) is 14.4. The molecule has 1 heterocycles. The Bertz CT molecular complexity index is 980. The van der Waals surface area contributed by atoms with Crippen LogP contribution < -0.4 is 10.5 Å². The molecule has 0 amide bonds. The molecule has 2 aromatic rings. The lowest BCUT2D eigenvalue weighted by molar-refractivity contribution is -0.163. The minimum absolute atomic E-state index is 0.0596. The van der Waals surface area contributed by atoms with Crippen LogP contribution in [0.25, 0.3) is 11.1 Å². The molecule has 5 nitrogen and oxygen atoms in total. The van der Waals surface area contributed by atoms with Crippen molar-refractivity contribution in [3.63, 3.8) is 0 Å². The minimum Gasteiger partial charge on any atom is -0.493 e. The number of nitrogens with two attached hydrogens (primary N) is 1. The Morgan fingerprint density at radius 3 is 2.52 bits per heavy atom. The van der Waals surface area contributed by atoms with Gasteiger partial charge in [-0.3, -0.25) is 0 Å². The lowest BCUT2D eigenvalue weighted by atomic mass is 9.86. The van der Waals surface area contributed by atoms with E-state index in [0.29, 0.717) is 23.5 Å². The van der Waals surface area contributed by atoms with Gasteiger partial charge in [0, 0.05) is 12.1 Å². The Labute approximate surface area is 179 Å². The summed E-state index contributed by atoms with van der Waals surface area (Å²) in [6.45, 7) is 5.31. The van der Waals surface area contributed by atoms with Crippen LogP contribution >= 0.6 is 0 Å². The molecular formula is C23H26F3NO4. The maximum absolute atomic E-state index is 14.0. The number of fused-ring (bicyclic) bond motifs is 1. The molecule has 3 N–H and O–H groups in total. The Morgan fingerprint density at radius 2 is 1.94 bits per heavy atom. The Hall–Kier alpha value is -2.58. The second-order valence-corrected chi connectivity index (χ2v) is 8.49. The molecule has 1 unspecified atom stereocenters. The van der Waals surface area contributed by atoms with Gasteiger partial charge in [0.15, 0.2) is 6.10 Å². The number of hydrogen-bond donors (Lipinski definition) is 2. The van der Waals surface area contributed by atoms with Crippen LogP contribution in [0.4, 0.5) is 13.2 Å². The van der Waals surface area contributed by atoms with Gasteiger partial charge in [-0.15, -0.1) is 0 Å². The Kier molecular flexibility index (Phi) is 6.34. The summed E-state index contributed by atoms with van der Waals surface area (Å²) in [5.74, 6) is -0.823. The highest BCUT2D eigenvalue weighted by molar-refractivity contribution is 5.83. The molecule has 3 rings (SSSR count). The van der Waals surface area contributed by atoms with Crippen molar-refractivity contribution in [3.8, 4) is 16.9 Å². The third kappa shape index (κ3) is 5.02. The predicted octanol–water partition coefficient (Wildman–Crippen LogP) is 5.10. The Morgan fingerprint density at radius 1 is 1.23 bits per heavy atom. The van der Waals surface area contributed by atoms with Crippen LogP contribution in [0.2, 0.25) is 0 Å². The zero-order chi connectivity index (χ0) is 23.0. The van der Waals surface area contributed by atoms with E-state index in [1.807, 2.05) is 0 Å². The lowest BCUT2D eigenvalue weighted by Gasteiger charge is -2.30. The number of alkyl halides is 3. The van der Waals surface area contributed by atoms with E-state index in [9.17, 15) is 23.1 Å². The summed E-state index contributed by atoms with van der Waals surface area (Å²) in [6, 6.07) is 7.27. The second kappa shape index (κ2) is 8.51. The molecule has 0 aliphatic carbocycles. The number of aliphatic carboxylic acids is 1. The van der Waals surface area contributed by atoms with Crippen LogP contribution in [-0.4, -0.2) is 23.3 Å². The van der Waals surface area contributed by atoms with Gasteiger partial charge in [0.2, 0.25) is 0 Å². The van der Waals surface area contributed by atoms with Gasteiger partial charge >= 0.3 is 12.1 Å². The highest BCUT2D eigenvalue weighted by atomic mass is 19.4. The van der Waals surface area contributed by atoms with E-state index in [-0.39, 0.29) is 12.1 Å². The van der Waals surface area contributed by atoms with Crippen LogP contribution in [0.5, 0.6) is 5.75 Å². The van der Waals surface area contributed by atoms with Crippen LogP contribution in [0.15, 0.2) is 30.3 Å². The van der Waals surface area contributed by atoms with Crippen LogP contribution in [0, 0.1) is 0 Å². The van der Waals surface area contributed by atoms with Crippen molar-refractivity contribution in [1.29, 1.82) is 0 Å². The standard InChI is InChI=1S/C23H26F3NO4/c1-22(2,3)31-20(21(28)29)19-16(23(24,25)26)8-6-15(12-27)18(19)14-7-9-17-13(11-14)5-4-10-30-17/h6-9,11,20H,4-5,10,12,27H2,1-3H3,(H,28,29). The number of rotatable bonds is 5. The van der Waals surface area contributed by atoms with Crippen molar-refractivity contribution in [2.75, 3.05) is 6.61 Å². The monoisotopic (exact) mass is 437 g/mol. The van der Waals surface area contributed by atoms with Gasteiger partial charge in [0.1, 0.15) is 5.75 Å². The lowest BCUT2D eigenvalue weighted by Crippen LogP contribution is -2.30. The quantitative estimate of drug-likeness (QED) is 0.680. The summed E-state index contributed by atoms with van der Waals surface area (Å²) >= 11 is 0. The fourth-order valence-electron chi connectivity index (χ4n) is 3.80. The SMILES string of the molecule is CC(C)(C)OC(C(=O)O)c1c(C(F)(F)F)ccc(CN)c1-c1ccc2c(c1)CCCO2. The van der Waals surface area contributed by atoms with E-state index in [0.717, 1.165) is 24.5 Å². The summed E-state index contributed by atoms with van der Waals surface area (Å²) in [7, 11) is 0. The third-order valence-corrected chi connectivity index (χ3v) is 5.01. The Balaban J connectivity index is 2.34. The summed E-state index contributed by atoms with van der Waals surface area (Å²) in [5.41, 5.74) is 5.24. The molecule has 0 fully saturated rings. The van der Waals surface area contributed by atoms with E-state index in [1.54, 1.807) is 39.0 Å². The summed E-state index contributed by atoms with van der Waals surface area (Å²) in [5, 5.41) is 9.86. The van der Waals surface area contributed by atoms with Gasteiger partial charge < -0.3 is 20.3 Å². The number of carboxylic acids is 1. The van der Waals surface area contributed by atoms with E-state index in [1.165, 1.54) is 6.07 Å². The summed E-state index contributed by atoms with van der Waals surface area (Å²) in [4.78, 5) is 12.1. The fourth-order valence-corrected chi connectivity index (χ4v) is 3.80. The number of carbonyl (C=O) groups is 1. The molecule has 0 bridgehead atoms. The number of carboxylic acid groups (broad SMARTS) is 1. The maximum Gasteiger partial charge on any atom is 0.416 e. The van der Waals surface area contributed by atoms with Gasteiger partial charge in [-0.25, -0.2) is 4.79 Å².